The maximum Gasteiger partial charge on any atom is 0.472 e. The number of hydrogen-bond donors (Lipinski definition) is 1. The molecule has 0 saturated heterocycles. The van der Waals surface area contributed by atoms with Gasteiger partial charge in [-0.05, 0) is 12.8 Å². The Morgan fingerprint density at radius 3 is 1.21 bits per heavy atom. The van der Waals surface area contributed by atoms with Gasteiger partial charge in [-0.15, -0.1) is 0 Å². The van der Waals surface area contributed by atoms with Gasteiger partial charge >= 0.3 is 19.8 Å². The van der Waals surface area contributed by atoms with E-state index >= 15 is 0 Å². The monoisotopic (exact) mass is 777 g/mol. The van der Waals surface area contributed by atoms with Gasteiger partial charge in [0.05, 0.1) is 27.7 Å². The minimum atomic E-state index is -4.35. The topological polar surface area (TPSA) is 108 Å². The van der Waals surface area contributed by atoms with E-state index in [4.69, 9.17) is 18.5 Å². The Morgan fingerprint density at radius 1 is 0.509 bits per heavy atom. The number of ether oxygens (including phenoxy) is 2. The van der Waals surface area contributed by atoms with Crippen LogP contribution in [0.15, 0.2) is 0 Å². The number of esters is 2. The van der Waals surface area contributed by atoms with E-state index in [1.54, 1.807) is 0 Å². The summed E-state index contributed by atoms with van der Waals surface area (Å²) in [7, 11) is 1.49. The molecule has 0 bridgehead atoms. The second-order valence-corrected chi connectivity index (χ2v) is 17.9. The van der Waals surface area contributed by atoms with Crippen molar-refractivity contribution in [1.82, 2.24) is 0 Å². The number of likely N-dealkylation sites (N-methyl/N-ethyl adjacent to an activating group) is 1. The van der Waals surface area contributed by atoms with Crippen LogP contribution in [0.1, 0.15) is 213 Å². The van der Waals surface area contributed by atoms with Crippen molar-refractivity contribution in [2.45, 2.75) is 219 Å². The number of carbonyl (C=O) groups excluding carboxylic acids is 2. The average molecular weight is 777 g/mol. The summed E-state index contributed by atoms with van der Waals surface area (Å²) >= 11 is 0. The summed E-state index contributed by atoms with van der Waals surface area (Å²) in [6, 6.07) is 0. The van der Waals surface area contributed by atoms with Gasteiger partial charge in [0.25, 0.3) is 0 Å². The van der Waals surface area contributed by atoms with E-state index in [-0.39, 0.29) is 32.0 Å². The molecule has 0 aromatic carbocycles. The first-order valence-corrected chi connectivity index (χ1v) is 23.8. The lowest BCUT2D eigenvalue weighted by atomic mass is 10.0. The summed E-state index contributed by atoms with van der Waals surface area (Å²) in [5.41, 5.74) is 0. The molecule has 0 aromatic heterocycles. The van der Waals surface area contributed by atoms with Crippen LogP contribution < -0.4 is 0 Å². The zero-order valence-electron chi connectivity index (χ0n) is 35.5. The zero-order valence-corrected chi connectivity index (χ0v) is 36.4. The predicted molar refractivity (Wildman–Crippen MR) is 220 cm³/mol. The normalized spacial score (nSPS) is 13.5. The van der Waals surface area contributed by atoms with Crippen molar-refractivity contribution in [2.75, 3.05) is 47.5 Å². The molecule has 0 aliphatic carbocycles. The third-order valence-corrected chi connectivity index (χ3v) is 10.9. The molecule has 10 heteroatoms. The Hall–Kier alpha value is -0.990. The van der Waals surface area contributed by atoms with E-state index < -0.39 is 26.5 Å². The molecular formula is C43H87NO8P+. The second-order valence-electron chi connectivity index (χ2n) is 16.5. The van der Waals surface area contributed by atoms with Crippen molar-refractivity contribution in [1.29, 1.82) is 0 Å². The molecule has 0 aromatic rings. The smallest absolute Gasteiger partial charge is 0.462 e. The average Bonchev–Trinajstić information content (AvgIpc) is 3.10. The quantitative estimate of drug-likeness (QED) is 0.0283. The fraction of sp³-hybridized carbons (Fsp3) is 0.953. The van der Waals surface area contributed by atoms with Crippen LogP contribution in [0.25, 0.3) is 0 Å². The van der Waals surface area contributed by atoms with Crippen molar-refractivity contribution in [2.24, 2.45) is 0 Å². The van der Waals surface area contributed by atoms with Crippen LogP contribution in [0, 0.1) is 0 Å². The van der Waals surface area contributed by atoms with Gasteiger partial charge in [0.15, 0.2) is 6.10 Å². The molecule has 0 saturated carbocycles. The van der Waals surface area contributed by atoms with E-state index in [2.05, 4.69) is 13.8 Å². The number of hydrogen-bond acceptors (Lipinski definition) is 7. The number of quaternary nitrogens is 1. The molecule has 0 heterocycles. The van der Waals surface area contributed by atoms with Gasteiger partial charge in [-0.3, -0.25) is 18.6 Å². The molecule has 2 atom stereocenters. The lowest BCUT2D eigenvalue weighted by molar-refractivity contribution is -0.870. The van der Waals surface area contributed by atoms with Gasteiger partial charge in [-0.1, -0.05) is 187 Å². The third kappa shape index (κ3) is 40.5. The van der Waals surface area contributed by atoms with E-state index in [9.17, 15) is 19.0 Å². The summed E-state index contributed by atoms with van der Waals surface area (Å²) in [6.07, 6.45) is 36.4. The molecule has 0 spiro atoms. The van der Waals surface area contributed by atoms with Crippen molar-refractivity contribution in [3.8, 4) is 0 Å². The number of rotatable bonds is 41. The molecule has 2 unspecified atom stereocenters. The maximum atomic E-state index is 12.6. The van der Waals surface area contributed by atoms with Gasteiger partial charge in [-0.25, -0.2) is 4.57 Å². The highest BCUT2D eigenvalue weighted by Crippen LogP contribution is 2.43. The fourth-order valence-corrected chi connectivity index (χ4v) is 7.11. The van der Waals surface area contributed by atoms with Crippen LogP contribution >= 0.6 is 7.82 Å². The highest BCUT2D eigenvalue weighted by Gasteiger charge is 2.27. The summed E-state index contributed by atoms with van der Waals surface area (Å²) < 4.78 is 34.1. The predicted octanol–water partition coefficient (Wildman–Crippen LogP) is 12.4. The van der Waals surface area contributed by atoms with E-state index in [1.807, 2.05) is 21.1 Å². The fourth-order valence-electron chi connectivity index (χ4n) is 6.37. The second kappa shape index (κ2) is 36.6. The zero-order chi connectivity index (χ0) is 39.3. The summed E-state index contributed by atoms with van der Waals surface area (Å²) in [5.74, 6) is -0.800. The summed E-state index contributed by atoms with van der Waals surface area (Å²) in [4.78, 5) is 35.0. The molecule has 0 rings (SSSR count). The van der Waals surface area contributed by atoms with Crippen molar-refractivity contribution in [3.63, 3.8) is 0 Å². The van der Waals surface area contributed by atoms with Gasteiger partial charge in [0.2, 0.25) is 0 Å². The summed E-state index contributed by atoms with van der Waals surface area (Å²) in [5, 5.41) is 0. The van der Waals surface area contributed by atoms with Crippen molar-refractivity contribution < 1.29 is 42.1 Å². The summed E-state index contributed by atoms with van der Waals surface area (Å²) in [6.45, 7) is 4.36. The number of phosphoric acid groups is 1. The molecule has 0 aliphatic rings. The Kier molecular flexibility index (Phi) is 36.0. The standard InChI is InChI=1S/C43H86NO8P/c1-6-8-10-12-13-14-15-16-17-18-19-20-21-22-23-24-25-26-27-28-29-30-32-34-36-43(46)52-41(39-49-42(45)35-33-31-11-9-7-2)40-51-53(47,48)50-38-37-44(3,4)5/h41H,6-40H2,1-5H3/p+1. The number of nitrogens with zero attached hydrogens (tertiary/aromatic N) is 1. The molecule has 53 heavy (non-hydrogen) atoms. The largest absolute Gasteiger partial charge is 0.472 e. The molecule has 0 fully saturated rings. The van der Waals surface area contributed by atoms with Crippen LogP contribution in [-0.2, 0) is 32.7 Å². The molecule has 9 nitrogen and oxygen atoms in total. The molecular weight excluding hydrogens is 689 g/mol. The van der Waals surface area contributed by atoms with E-state index in [0.29, 0.717) is 11.0 Å². The van der Waals surface area contributed by atoms with Crippen molar-refractivity contribution in [3.05, 3.63) is 0 Å². The van der Waals surface area contributed by atoms with Crippen LogP contribution in [0.5, 0.6) is 0 Å². The molecule has 0 amide bonds. The Balaban J connectivity index is 4.00. The third-order valence-electron chi connectivity index (χ3n) is 9.89. The van der Waals surface area contributed by atoms with E-state index in [1.165, 1.54) is 135 Å². The molecule has 0 radical (unpaired) electrons. The van der Waals surface area contributed by atoms with Gasteiger partial charge in [0.1, 0.15) is 19.8 Å². The SMILES string of the molecule is CCCCCCCCCCCCCCCCCCCCCCCCCCC(=O)OC(COC(=O)CCCCCCC)COP(=O)(O)OCC[N+](C)(C)C. The first-order valence-electron chi connectivity index (χ1n) is 22.3. The minimum Gasteiger partial charge on any atom is -0.462 e. The molecule has 316 valence electrons. The van der Waals surface area contributed by atoms with Gasteiger partial charge < -0.3 is 18.9 Å². The van der Waals surface area contributed by atoms with Crippen LogP contribution in [0.3, 0.4) is 0 Å². The van der Waals surface area contributed by atoms with Crippen LogP contribution in [0.2, 0.25) is 0 Å². The van der Waals surface area contributed by atoms with Crippen LogP contribution in [-0.4, -0.2) is 74.9 Å². The molecule has 1 N–H and O–H groups in total. The van der Waals surface area contributed by atoms with Crippen molar-refractivity contribution >= 4 is 19.8 Å². The van der Waals surface area contributed by atoms with Crippen LogP contribution in [0.4, 0.5) is 0 Å². The lowest BCUT2D eigenvalue weighted by Crippen LogP contribution is -2.37. The Bertz CT molecular complexity index is 881. The minimum absolute atomic E-state index is 0.0360. The first kappa shape index (κ1) is 52.0. The highest BCUT2D eigenvalue weighted by molar-refractivity contribution is 7.47. The lowest BCUT2D eigenvalue weighted by Gasteiger charge is -2.24. The molecule has 0 aliphatic heterocycles. The Labute approximate surface area is 327 Å². The first-order chi connectivity index (χ1) is 25.5. The van der Waals surface area contributed by atoms with Gasteiger partial charge in [0, 0.05) is 12.8 Å². The Morgan fingerprint density at radius 2 is 0.849 bits per heavy atom. The highest BCUT2D eigenvalue weighted by atomic mass is 31.2. The maximum absolute atomic E-state index is 12.6. The number of carbonyl (C=O) groups is 2. The number of phosphoric ester groups is 1. The van der Waals surface area contributed by atoms with Gasteiger partial charge in [-0.2, -0.15) is 0 Å². The number of unbranched alkanes of at least 4 members (excludes halogenated alkanes) is 27. The van der Waals surface area contributed by atoms with E-state index in [0.717, 1.165) is 51.4 Å².